The van der Waals surface area contributed by atoms with Gasteiger partial charge >= 0.3 is 5.97 Å². The van der Waals surface area contributed by atoms with Crippen LogP contribution in [-0.4, -0.2) is 11.1 Å². The molecule has 3 N–H and O–H groups in total. The van der Waals surface area contributed by atoms with Gasteiger partial charge in [-0.2, -0.15) is 0 Å². The van der Waals surface area contributed by atoms with E-state index in [1.807, 2.05) is 6.07 Å². The molecule has 0 aliphatic heterocycles. The minimum absolute atomic E-state index is 0.0562. The number of nitrogens with two attached hydrogens (primary N) is 1. The van der Waals surface area contributed by atoms with Crippen LogP contribution in [-0.2, 0) is 0 Å². The molecule has 0 saturated heterocycles. The van der Waals surface area contributed by atoms with E-state index in [1.165, 1.54) is 0 Å². The van der Waals surface area contributed by atoms with E-state index in [1.54, 1.807) is 18.2 Å². The maximum absolute atomic E-state index is 10.7. The summed E-state index contributed by atoms with van der Waals surface area (Å²) in [7, 11) is 0. The highest BCUT2D eigenvalue weighted by Crippen LogP contribution is 2.16. The van der Waals surface area contributed by atoms with Gasteiger partial charge < -0.3 is 10.8 Å². The molecule has 3 heteroatoms. The van der Waals surface area contributed by atoms with Gasteiger partial charge in [-0.1, -0.05) is 25.5 Å². The Morgan fingerprint density at radius 3 is 2.86 bits per heavy atom. The number of hydrogen-bond acceptors (Lipinski definition) is 2. The van der Waals surface area contributed by atoms with Crippen molar-refractivity contribution < 1.29 is 9.90 Å². The van der Waals surface area contributed by atoms with Crippen molar-refractivity contribution in [3.63, 3.8) is 0 Å². The molecule has 0 aromatic heterocycles. The largest absolute Gasteiger partial charge is 0.478 e. The van der Waals surface area contributed by atoms with Crippen molar-refractivity contribution in [2.45, 2.75) is 25.8 Å². The lowest BCUT2D eigenvalue weighted by Gasteiger charge is -2.10. The molecule has 0 radical (unpaired) electrons. The normalized spacial score (nSPS) is 12.4. The maximum Gasteiger partial charge on any atom is 0.335 e. The molecule has 14 heavy (non-hydrogen) atoms. The highest BCUT2D eigenvalue weighted by Gasteiger charge is 2.08. The smallest absolute Gasteiger partial charge is 0.335 e. The molecule has 0 amide bonds. The third-order valence-electron chi connectivity index (χ3n) is 2.16. The van der Waals surface area contributed by atoms with E-state index >= 15 is 0 Å². The van der Waals surface area contributed by atoms with E-state index in [-0.39, 0.29) is 6.04 Å². The van der Waals surface area contributed by atoms with Gasteiger partial charge in [0.05, 0.1) is 5.56 Å². The zero-order valence-corrected chi connectivity index (χ0v) is 8.23. The topological polar surface area (TPSA) is 63.3 Å². The molecule has 0 aliphatic rings. The highest BCUT2D eigenvalue weighted by atomic mass is 16.4. The summed E-state index contributed by atoms with van der Waals surface area (Å²) < 4.78 is 0. The van der Waals surface area contributed by atoms with E-state index < -0.39 is 5.97 Å². The van der Waals surface area contributed by atoms with Crippen LogP contribution < -0.4 is 5.73 Å². The Balaban J connectivity index is 2.87. The van der Waals surface area contributed by atoms with E-state index in [0.29, 0.717) is 5.56 Å². The zero-order chi connectivity index (χ0) is 10.6. The first-order valence-corrected chi connectivity index (χ1v) is 4.74. The Labute approximate surface area is 83.6 Å². The van der Waals surface area contributed by atoms with Crippen molar-refractivity contribution in [2.24, 2.45) is 5.73 Å². The molecule has 1 aromatic carbocycles. The standard InChI is InChI=1S/C11H15NO2/c1-2-4-10(12)8-5-3-6-9(7-8)11(13)14/h3,5-7,10H,2,4,12H2,1H3,(H,13,14)/t10-/m0/s1. The number of carbonyl (C=O) groups is 1. The Bertz CT molecular complexity index is 323. The van der Waals surface area contributed by atoms with Crippen LogP contribution in [0.15, 0.2) is 24.3 Å². The second-order valence-corrected chi connectivity index (χ2v) is 3.33. The molecule has 0 saturated carbocycles. The first kappa shape index (κ1) is 10.7. The number of carboxylic acids is 1. The summed E-state index contributed by atoms with van der Waals surface area (Å²) in [5, 5.41) is 8.78. The van der Waals surface area contributed by atoms with Gasteiger partial charge in [-0.25, -0.2) is 4.79 Å². The summed E-state index contributed by atoms with van der Waals surface area (Å²) in [4.78, 5) is 10.7. The molecular formula is C11H15NO2. The molecular weight excluding hydrogens is 178 g/mol. The summed E-state index contributed by atoms with van der Waals surface area (Å²) in [6, 6.07) is 6.76. The Morgan fingerprint density at radius 1 is 1.57 bits per heavy atom. The van der Waals surface area contributed by atoms with Crippen LogP contribution in [0, 0.1) is 0 Å². The Hall–Kier alpha value is -1.35. The lowest BCUT2D eigenvalue weighted by molar-refractivity contribution is 0.0696. The molecule has 3 nitrogen and oxygen atoms in total. The van der Waals surface area contributed by atoms with Gasteiger partial charge in [0, 0.05) is 6.04 Å². The van der Waals surface area contributed by atoms with Crippen molar-refractivity contribution in [1.82, 2.24) is 0 Å². The average molecular weight is 193 g/mol. The molecule has 0 fully saturated rings. The molecule has 0 unspecified atom stereocenters. The van der Waals surface area contributed by atoms with Gasteiger partial charge in [0.1, 0.15) is 0 Å². The van der Waals surface area contributed by atoms with Crippen molar-refractivity contribution in [3.05, 3.63) is 35.4 Å². The van der Waals surface area contributed by atoms with Crippen molar-refractivity contribution in [2.75, 3.05) is 0 Å². The zero-order valence-electron chi connectivity index (χ0n) is 8.23. The maximum atomic E-state index is 10.7. The van der Waals surface area contributed by atoms with Crippen LogP contribution in [0.3, 0.4) is 0 Å². The summed E-state index contributed by atoms with van der Waals surface area (Å²) in [5.41, 5.74) is 7.08. The van der Waals surface area contributed by atoms with E-state index in [9.17, 15) is 4.79 Å². The van der Waals surface area contributed by atoms with E-state index in [0.717, 1.165) is 18.4 Å². The van der Waals surface area contributed by atoms with Crippen LogP contribution in [0.25, 0.3) is 0 Å². The lowest BCUT2D eigenvalue weighted by atomic mass is 10.0. The first-order chi connectivity index (χ1) is 6.65. The van der Waals surface area contributed by atoms with Crippen LogP contribution in [0.1, 0.15) is 41.7 Å². The van der Waals surface area contributed by atoms with E-state index in [2.05, 4.69) is 6.92 Å². The van der Waals surface area contributed by atoms with Gasteiger partial charge in [-0.3, -0.25) is 0 Å². The first-order valence-electron chi connectivity index (χ1n) is 4.74. The highest BCUT2D eigenvalue weighted by molar-refractivity contribution is 5.87. The summed E-state index contributed by atoms with van der Waals surface area (Å²) in [6.07, 6.45) is 1.88. The van der Waals surface area contributed by atoms with Gasteiger partial charge in [0.15, 0.2) is 0 Å². The number of benzene rings is 1. The van der Waals surface area contributed by atoms with Crippen molar-refractivity contribution >= 4 is 5.97 Å². The Kier molecular flexibility index (Phi) is 3.65. The van der Waals surface area contributed by atoms with Gasteiger partial charge in [0.2, 0.25) is 0 Å². The van der Waals surface area contributed by atoms with Crippen molar-refractivity contribution in [1.29, 1.82) is 0 Å². The van der Waals surface area contributed by atoms with Crippen LogP contribution in [0.4, 0.5) is 0 Å². The number of hydrogen-bond donors (Lipinski definition) is 2. The van der Waals surface area contributed by atoms with Crippen LogP contribution >= 0.6 is 0 Å². The fraction of sp³-hybridized carbons (Fsp3) is 0.364. The number of rotatable bonds is 4. The number of carboxylic acid groups (broad SMARTS) is 1. The summed E-state index contributed by atoms with van der Waals surface area (Å²) in [6.45, 7) is 2.06. The van der Waals surface area contributed by atoms with Crippen LogP contribution in [0.2, 0.25) is 0 Å². The van der Waals surface area contributed by atoms with Gasteiger partial charge in [0.25, 0.3) is 0 Å². The molecule has 0 heterocycles. The molecule has 0 spiro atoms. The van der Waals surface area contributed by atoms with Gasteiger partial charge in [-0.05, 0) is 24.1 Å². The quantitative estimate of drug-likeness (QED) is 0.770. The second kappa shape index (κ2) is 4.77. The Morgan fingerprint density at radius 2 is 2.29 bits per heavy atom. The summed E-state index contributed by atoms with van der Waals surface area (Å²) in [5.74, 6) is -0.907. The fourth-order valence-electron chi connectivity index (χ4n) is 1.38. The van der Waals surface area contributed by atoms with Gasteiger partial charge in [-0.15, -0.1) is 0 Å². The number of aromatic carboxylic acids is 1. The average Bonchev–Trinajstić information content (AvgIpc) is 2.18. The minimum Gasteiger partial charge on any atom is -0.478 e. The third kappa shape index (κ3) is 2.57. The predicted octanol–water partition coefficient (Wildman–Crippen LogP) is 2.18. The monoisotopic (exact) mass is 193 g/mol. The predicted molar refractivity (Wildman–Crippen MR) is 55.2 cm³/mol. The van der Waals surface area contributed by atoms with Crippen molar-refractivity contribution in [3.8, 4) is 0 Å². The SMILES string of the molecule is CCC[C@H](N)c1cccc(C(=O)O)c1. The second-order valence-electron chi connectivity index (χ2n) is 3.33. The molecule has 0 aliphatic carbocycles. The lowest BCUT2D eigenvalue weighted by Crippen LogP contribution is -2.10. The van der Waals surface area contributed by atoms with E-state index in [4.69, 9.17) is 10.8 Å². The van der Waals surface area contributed by atoms with Crippen LogP contribution in [0.5, 0.6) is 0 Å². The molecule has 1 atom stereocenters. The molecule has 1 aromatic rings. The molecule has 1 rings (SSSR count). The third-order valence-corrected chi connectivity index (χ3v) is 2.16. The minimum atomic E-state index is -0.907. The fourth-order valence-corrected chi connectivity index (χ4v) is 1.38. The summed E-state index contributed by atoms with van der Waals surface area (Å²) >= 11 is 0. The molecule has 76 valence electrons. The molecule has 0 bridgehead atoms.